The fourth-order valence-electron chi connectivity index (χ4n) is 4.60. The lowest BCUT2D eigenvalue weighted by atomic mass is 10.1. The maximum atomic E-state index is 2.50. The maximum absolute atomic E-state index is 2.50. The Labute approximate surface area is 255 Å². The van der Waals surface area contributed by atoms with Crippen LogP contribution in [0.1, 0.15) is 23.7 Å². The summed E-state index contributed by atoms with van der Waals surface area (Å²) in [4.78, 5) is 6.75. The molecule has 0 spiro atoms. The summed E-state index contributed by atoms with van der Waals surface area (Å²) < 4.78 is 2.34. The van der Waals surface area contributed by atoms with Crippen LogP contribution in [0.3, 0.4) is 0 Å². The molecule has 0 radical (unpaired) electrons. The van der Waals surface area contributed by atoms with Gasteiger partial charge in [-0.1, -0.05) is 64.1 Å². The average molecular weight is 584 g/mol. The second-order valence-electron chi connectivity index (χ2n) is 10.5. The Kier molecular flexibility index (Phi) is 11.6. The van der Waals surface area contributed by atoms with Gasteiger partial charge in [0, 0.05) is 81.8 Å². The first-order valence-corrected chi connectivity index (χ1v) is 16.7. The smallest absolute Gasteiger partial charge is 0.205 e. The van der Waals surface area contributed by atoms with Crippen LogP contribution in [0.15, 0.2) is 103 Å². The Bertz CT molecular complexity index is 1360. The van der Waals surface area contributed by atoms with Gasteiger partial charge < -0.3 is 14.7 Å². The fourth-order valence-corrected chi connectivity index (χ4v) is 6.53. The highest BCUT2D eigenvalue weighted by Gasteiger charge is 2.15. The van der Waals surface area contributed by atoms with Crippen LogP contribution in [0.2, 0.25) is 0 Å². The molecule has 4 rings (SSSR count). The topological polar surface area (TPSA) is 13.6 Å². The zero-order valence-corrected chi connectivity index (χ0v) is 26.6. The number of pyridine rings is 1. The lowest BCUT2D eigenvalue weighted by molar-refractivity contribution is -0.694. The molecule has 2 aromatic carbocycles. The van der Waals surface area contributed by atoms with E-state index in [2.05, 4.69) is 170 Å². The molecule has 0 saturated carbocycles. The van der Waals surface area contributed by atoms with Gasteiger partial charge in [-0.3, -0.25) is 0 Å². The van der Waals surface area contributed by atoms with Crippen molar-refractivity contribution in [3.05, 3.63) is 120 Å². The summed E-state index contributed by atoms with van der Waals surface area (Å²) in [5.41, 5.74) is 7.36. The SMILES string of the molecule is CC1C=CC=C(/C=C/c2ccc(N(C)C)cc2)N1CCSSCC[n+]1ccccc1/C=C/c1ccc(N(C)C)cc1. The van der Waals surface area contributed by atoms with E-state index in [0.717, 1.165) is 24.6 Å². The van der Waals surface area contributed by atoms with Crippen LogP contribution >= 0.6 is 21.6 Å². The second-order valence-corrected chi connectivity index (χ2v) is 13.2. The van der Waals surface area contributed by atoms with Gasteiger partial charge in [-0.05, 0) is 66.6 Å². The van der Waals surface area contributed by atoms with Crippen LogP contribution in [0.4, 0.5) is 11.4 Å². The van der Waals surface area contributed by atoms with Gasteiger partial charge >= 0.3 is 0 Å². The lowest BCUT2D eigenvalue weighted by Crippen LogP contribution is -2.37. The van der Waals surface area contributed by atoms with Crippen molar-refractivity contribution in [1.82, 2.24) is 4.90 Å². The number of nitrogens with zero attached hydrogens (tertiary/aromatic N) is 4. The predicted molar refractivity (Wildman–Crippen MR) is 184 cm³/mol. The normalized spacial score (nSPS) is 15.1. The molecule has 1 aliphatic heterocycles. The zero-order valence-electron chi connectivity index (χ0n) is 25.0. The minimum absolute atomic E-state index is 0.398. The third-order valence-electron chi connectivity index (χ3n) is 7.08. The molecule has 0 amide bonds. The molecular formula is C35H43N4S2+. The van der Waals surface area contributed by atoms with Gasteiger partial charge in [0.05, 0.1) is 5.75 Å². The first kappa shape index (κ1) is 30.6. The summed E-state index contributed by atoms with van der Waals surface area (Å²) in [7, 11) is 12.2. The maximum Gasteiger partial charge on any atom is 0.205 e. The second kappa shape index (κ2) is 15.6. The average Bonchev–Trinajstić information content (AvgIpc) is 2.98. The van der Waals surface area contributed by atoms with Crippen molar-refractivity contribution < 1.29 is 4.57 Å². The van der Waals surface area contributed by atoms with Crippen LogP contribution in [0.25, 0.3) is 18.2 Å². The number of anilines is 2. The van der Waals surface area contributed by atoms with Crippen LogP contribution in [0, 0.1) is 0 Å². The van der Waals surface area contributed by atoms with Gasteiger partial charge in [-0.25, -0.2) is 0 Å². The molecule has 214 valence electrons. The molecule has 6 heteroatoms. The number of hydrogen-bond donors (Lipinski definition) is 0. The number of allylic oxidation sites excluding steroid dienone is 3. The lowest BCUT2D eigenvalue weighted by Gasteiger charge is -2.32. The molecule has 1 aliphatic rings. The van der Waals surface area contributed by atoms with E-state index in [4.69, 9.17) is 0 Å². The highest BCUT2D eigenvalue weighted by Crippen LogP contribution is 2.24. The Hall–Kier alpha value is -3.35. The van der Waals surface area contributed by atoms with E-state index in [1.165, 1.54) is 33.9 Å². The monoisotopic (exact) mass is 583 g/mol. The molecule has 0 aliphatic carbocycles. The highest BCUT2D eigenvalue weighted by molar-refractivity contribution is 8.76. The Balaban J connectivity index is 1.24. The summed E-state index contributed by atoms with van der Waals surface area (Å²) in [6.45, 7) is 4.29. The standard InChI is InChI=1S/C35H43N4S2/c1-29-9-8-11-35(23-17-31-14-20-33(21-15-31)37(4)5)39(29)26-28-41-40-27-25-38-24-7-6-10-34(38)22-16-30-12-18-32(19-13-30)36(2)3/h6-24,29H,25-28H2,1-5H3/q+1/b23-17+. The van der Waals surface area contributed by atoms with Crippen molar-refractivity contribution in [1.29, 1.82) is 0 Å². The van der Waals surface area contributed by atoms with Gasteiger partial charge in [0.15, 0.2) is 12.7 Å². The Morgan fingerprint density at radius 2 is 1.37 bits per heavy atom. The molecule has 3 aromatic rings. The van der Waals surface area contributed by atoms with Crippen molar-refractivity contribution in [3.63, 3.8) is 0 Å². The summed E-state index contributed by atoms with van der Waals surface area (Å²) in [6.07, 6.45) is 17.7. The van der Waals surface area contributed by atoms with Gasteiger partial charge in [-0.15, -0.1) is 0 Å². The molecule has 1 atom stereocenters. The molecule has 1 unspecified atom stereocenters. The quantitative estimate of drug-likeness (QED) is 0.117. The largest absolute Gasteiger partial charge is 0.378 e. The van der Waals surface area contributed by atoms with Crippen LogP contribution in [-0.4, -0.2) is 57.2 Å². The zero-order chi connectivity index (χ0) is 29.0. The Morgan fingerprint density at radius 1 is 0.756 bits per heavy atom. The molecule has 41 heavy (non-hydrogen) atoms. The van der Waals surface area contributed by atoms with Gasteiger partial charge in [0.1, 0.15) is 0 Å². The third-order valence-corrected chi connectivity index (χ3v) is 9.45. The van der Waals surface area contributed by atoms with Crippen molar-refractivity contribution in [2.75, 3.05) is 56.0 Å². The van der Waals surface area contributed by atoms with Gasteiger partial charge in [0.2, 0.25) is 5.69 Å². The minimum atomic E-state index is 0.398. The van der Waals surface area contributed by atoms with Crippen LogP contribution < -0.4 is 14.4 Å². The molecular weight excluding hydrogens is 541 g/mol. The number of benzene rings is 2. The van der Waals surface area contributed by atoms with Crippen molar-refractivity contribution in [3.8, 4) is 0 Å². The van der Waals surface area contributed by atoms with Crippen molar-refractivity contribution >= 4 is 51.2 Å². The number of hydrogen-bond acceptors (Lipinski definition) is 5. The summed E-state index contributed by atoms with van der Waals surface area (Å²) >= 11 is 0. The molecule has 0 N–H and O–H groups in total. The number of rotatable bonds is 13. The Morgan fingerprint density at radius 3 is 2.00 bits per heavy atom. The van der Waals surface area contributed by atoms with E-state index in [1.54, 1.807) is 0 Å². The van der Waals surface area contributed by atoms with E-state index >= 15 is 0 Å². The molecule has 1 aromatic heterocycles. The summed E-state index contributed by atoms with van der Waals surface area (Å²) in [5, 5.41) is 0. The van der Waals surface area contributed by atoms with E-state index in [0.29, 0.717) is 6.04 Å². The summed E-state index contributed by atoms with van der Waals surface area (Å²) in [6, 6.07) is 24.2. The fraction of sp³-hybridized carbons (Fsp3) is 0.286. The van der Waals surface area contributed by atoms with Gasteiger partial charge in [-0.2, -0.15) is 4.57 Å². The summed E-state index contributed by atoms with van der Waals surface area (Å²) in [5.74, 6) is 2.15. The first-order chi connectivity index (χ1) is 19.9. The van der Waals surface area contributed by atoms with E-state index in [1.807, 2.05) is 21.6 Å². The van der Waals surface area contributed by atoms with E-state index in [9.17, 15) is 0 Å². The highest BCUT2D eigenvalue weighted by atomic mass is 33.1. The van der Waals surface area contributed by atoms with Gasteiger partial charge in [0.25, 0.3) is 0 Å². The molecule has 0 bridgehead atoms. The van der Waals surface area contributed by atoms with Crippen LogP contribution in [0.5, 0.6) is 0 Å². The van der Waals surface area contributed by atoms with Crippen molar-refractivity contribution in [2.45, 2.75) is 19.5 Å². The minimum Gasteiger partial charge on any atom is -0.378 e. The number of aryl methyl sites for hydroxylation is 1. The predicted octanol–water partition coefficient (Wildman–Crippen LogP) is 7.52. The molecule has 0 fully saturated rings. The molecule has 2 heterocycles. The third kappa shape index (κ3) is 9.34. The van der Waals surface area contributed by atoms with E-state index < -0.39 is 0 Å². The number of aromatic nitrogens is 1. The first-order valence-electron chi connectivity index (χ1n) is 14.2. The van der Waals surface area contributed by atoms with Crippen LogP contribution in [-0.2, 0) is 6.54 Å². The molecule has 4 nitrogen and oxygen atoms in total. The molecule has 0 saturated heterocycles. The van der Waals surface area contributed by atoms with E-state index in [-0.39, 0.29) is 0 Å². The van der Waals surface area contributed by atoms with Crippen molar-refractivity contribution in [2.24, 2.45) is 0 Å².